The summed E-state index contributed by atoms with van der Waals surface area (Å²) in [7, 11) is 0. The number of aromatic carboxylic acids is 1. The molecule has 2 saturated heterocycles. The lowest BCUT2D eigenvalue weighted by atomic mass is 10.0. The van der Waals surface area contributed by atoms with Crippen LogP contribution in [0.1, 0.15) is 22.3 Å². The molecule has 0 spiro atoms. The minimum Gasteiger partial charge on any atom is -0.492 e. The molecule has 234 valence electrons. The van der Waals surface area contributed by atoms with Gasteiger partial charge >= 0.3 is 5.97 Å². The molecule has 2 amide bonds. The zero-order chi connectivity index (χ0) is 31.9. The molecule has 45 heavy (non-hydrogen) atoms. The van der Waals surface area contributed by atoms with Crippen LogP contribution in [0.5, 0.6) is 5.75 Å². The summed E-state index contributed by atoms with van der Waals surface area (Å²) in [6.07, 6.45) is 1.59. The third-order valence-electron chi connectivity index (χ3n) is 7.11. The molecule has 13 heteroatoms. The summed E-state index contributed by atoms with van der Waals surface area (Å²) in [6, 6.07) is 14.1. The second kappa shape index (κ2) is 14.7. The molecule has 2 aliphatic heterocycles. The van der Waals surface area contributed by atoms with Crippen LogP contribution in [0.4, 0.5) is 14.5 Å². The lowest BCUT2D eigenvalue weighted by Crippen LogP contribution is -2.38. The third-order valence-corrected chi connectivity index (χ3v) is 8.49. The van der Waals surface area contributed by atoms with Gasteiger partial charge in [-0.1, -0.05) is 30.0 Å². The Labute approximate surface area is 267 Å². The largest absolute Gasteiger partial charge is 0.492 e. The van der Waals surface area contributed by atoms with Crippen molar-refractivity contribution in [3.63, 3.8) is 0 Å². The third kappa shape index (κ3) is 8.51. The standard InChI is InChI=1S/C32H29F2N3O6S2/c33-24-16-22(17-25(34)19-24)21-3-6-27(43-14-11-36-9-12-42-13-10-36)23(15-21)18-28-30(39)37(32(44)45-28)8-7-29(38)35-26-4-1-20(2-5-26)31(40)41/h1-6,15-19H,7-14H2,(H,35,38)(H,40,41)/b28-18-. The quantitative estimate of drug-likeness (QED) is 0.211. The number of carbonyl (C=O) groups is 3. The van der Waals surface area contributed by atoms with Crippen molar-refractivity contribution in [3.8, 4) is 16.9 Å². The predicted molar refractivity (Wildman–Crippen MR) is 171 cm³/mol. The Morgan fingerprint density at radius 2 is 1.71 bits per heavy atom. The van der Waals surface area contributed by atoms with Crippen molar-refractivity contribution >= 4 is 57.8 Å². The van der Waals surface area contributed by atoms with E-state index in [-0.39, 0.29) is 34.7 Å². The Balaban J connectivity index is 1.30. The highest BCUT2D eigenvalue weighted by Gasteiger charge is 2.32. The van der Waals surface area contributed by atoms with Crippen molar-refractivity contribution in [1.29, 1.82) is 0 Å². The van der Waals surface area contributed by atoms with Crippen molar-refractivity contribution in [1.82, 2.24) is 9.80 Å². The van der Waals surface area contributed by atoms with Gasteiger partial charge in [0.1, 0.15) is 28.3 Å². The molecule has 2 heterocycles. The number of hydrogen-bond acceptors (Lipinski definition) is 8. The fourth-order valence-electron chi connectivity index (χ4n) is 4.77. The molecule has 3 aromatic rings. The van der Waals surface area contributed by atoms with Gasteiger partial charge in [-0.2, -0.15) is 0 Å². The highest BCUT2D eigenvalue weighted by Crippen LogP contribution is 2.36. The summed E-state index contributed by atoms with van der Waals surface area (Å²) in [5.74, 6) is -2.76. The molecular formula is C32H29F2N3O6S2. The van der Waals surface area contributed by atoms with Gasteiger partial charge in [-0.05, 0) is 65.7 Å². The highest BCUT2D eigenvalue weighted by molar-refractivity contribution is 8.26. The van der Waals surface area contributed by atoms with E-state index in [4.69, 9.17) is 26.8 Å². The lowest BCUT2D eigenvalue weighted by Gasteiger charge is -2.26. The van der Waals surface area contributed by atoms with E-state index in [0.717, 1.165) is 30.9 Å². The van der Waals surface area contributed by atoms with Crippen LogP contribution in [0.2, 0.25) is 0 Å². The SMILES string of the molecule is O=C(CCN1C(=O)/C(=C/c2cc(-c3cc(F)cc(F)c3)ccc2OCCN2CCOCC2)SC1=S)Nc1ccc(C(=O)O)cc1. The number of halogens is 2. The molecule has 2 aliphatic rings. The first-order valence-corrected chi connectivity index (χ1v) is 15.3. The fraction of sp³-hybridized carbons (Fsp3) is 0.250. The van der Waals surface area contributed by atoms with Gasteiger partial charge in [0.05, 0.1) is 23.7 Å². The average molecular weight is 654 g/mol. The molecule has 2 N–H and O–H groups in total. The van der Waals surface area contributed by atoms with Crippen LogP contribution in [-0.2, 0) is 14.3 Å². The van der Waals surface area contributed by atoms with E-state index in [0.29, 0.717) is 59.4 Å². The predicted octanol–water partition coefficient (Wildman–Crippen LogP) is 5.27. The number of nitrogens with zero attached hydrogens (tertiary/aromatic N) is 2. The first-order chi connectivity index (χ1) is 21.7. The summed E-state index contributed by atoms with van der Waals surface area (Å²) < 4.78 is 39.8. The minimum absolute atomic E-state index is 0.0343. The second-order valence-electron chi connectivity index (χ2n) is 10.2. The Morgan fingerprint density at radius 3 is 2.40 bits per heavy atom. The Bertz CT molecular complexity index is 1620. The topological polar surface area (TPSA) is 108 Å². The maximum absolute atomic E-state index is 14.0. The molecule has 0 unspecified atom stereocenters. The molecule has 0 atom stereocenters. The number of benzene rings is 3. The van der Waals surface area contributed by atoms with E-state index in [2.05, 4.69) is 10.2 Å². The van der Waals surface area contributed by atoms with Gasteiger partial charge in [-0.15, -0.1) is 0 Å². The number of anilines is 1. The number of ether oxygens (including phenoxy) is 2. The maximum atomic E-state index is 14.0. The van der Waals surface area contributed by atoms with Gasteiger partial charge in [-0.25, -0.2) is 13.6 Å². The molecule has 3 aromatic carbocycles. The number of carboxylic acid groups (broad SMARTS) is 1. The summed E-state index contributed by atoms with van der Waals surface area (Å²) >= 11 is 6.53. The number of nitrogens with one attached hydrogen (secondary N) is 1. The van der Waals surface area contributed by atoms with E-state index >= 15 is 0 Å². The van der Waals surface area contributed by atoms with Gasteiger partial charge in [0.25, 0.3) is 5.91 Å². The smallest absolute Gasteiger partial charge is 0.335 e. The van der Waals surface area contributed by atoms with Crippen LogP contribution in [0.15, 0.2) is 65.6 Å². The molecule has 0 aliphatic carbocycles. The van der Waals surface area contributed by atoms with E-state index in [9.17, 15) is 23.2 Å². The number of amides is 2. The molecule has 9 nitrogen and oxygen atoms in total. The van der Waals surface area contributed by atoms with E-state index in [1.165, 1.54) is 41.3 Å². The number of thiocarbonyl (C=S) groups is 1. The van der Waals surface area contributed by atoms with Crippen molar-refractivity contribution in [2.24, 2.45) is 0 Å². The Hall–Kier alpha value is -4.17. The van der Waals surface area contributed by atoms with E-state index in [1.807, 2.05) is 0 Å². The van der Waals surface area contributed by atoms with Crippen LogP contribution in [-0.4, -0.2) is 83.0 Å². The monoisotopic (exact) mass is 653 g/mol. The first-order valence-electron chi connectivity index (χ1n) is 14.1. The van der Waals surface area contributed by atoms with Gasteiger partial charge < -0.3 is 19.9 Å². The first kappa shape index (κ1) is 32.2. The van der Waals surface area contributed by atoms with Crippen LogP contribution in [0, 0.1) is 11.6 Å². The van der Waals surface area contributed by atoms with Gasteiger partial charge in [0.15, 0.2) is 0 Å². The average Bonchev–Trinajstić information content (AvgIpc) is 3.28. The van der Waals surface area contributed by atoms with Crippen LogP contribution < -0.4 is 10.1 Å². The van der Waals surface area contributed by atoms with Crippen molar-refractivity contribution < 1.29 is 37.7 Å². The molecular weight excluding hydrogens is 624 g/mol. The van der Waals surface area contributed by atoms with Crippen LogP contribution in [0.25, 0.3) is 17.2 Å². The van der Waals surface area contributed by atoms with Crippen LogP contribution >= 0.6 is 24.0 Å². The summed E-state index contributed by atoms with van der Waals surface area (Å²) in [4.78, 5) is 40.8. The lowest BCUT2D eigenvalue weighted by molar-refractivity contribution is -0.122. The fourth-order valence-corrected chi connectivity index (χ4v) is 6.07. The number of carbonyl (C=O) groups excluding carboxylic acids is 2. The second-order valence-corrected chi connectivity index (χ2v) is 11.9. The zero-order valence-electron chi connectivity index (χ0n) is 24.0. The summed E-state index contributed by atoms with van der Waals surface area (Å²) in [6.45, 7) is 4.01. The molecule has 0 saturated carbocycles. The van der Waals surface area contributed by atoms with Crippen molar-refractivity contribution in [2.45, 2.75) is 6.42 Å². The van der Waals surface area contributed by atoms with E-state index < -0.39 is 17.6 Å². The van der Waals surface area contributed by atoms with Gasteiger partial charge in [0.2, 0.25) is 5.91 Å². The summed E-state index contributed by atoms with van der Waals surface area (Å²) in [5.41, 5.74) is 1.91. The number of morpholine rings is 1. The summed E-state index contributed by atoms with van der Waals surface area (Å²) in [5, 5.41) is 11.7. The number of thioether (sulfide) groups is 1. The van der Waals surface area contributed by atoms with E-state index in [1.54, 1.807) is 24.3 Å². The Kier molecular flexibility index (Phi) is 10.6. The number of hydrogen-bond donors (Lipinski definition) is 2. The molecule has 0 radical (unpaired) electrons. The number of carboxylic acids is 1. The minimum atomic E-state index is -1.07. The molecule has 0 bridgehead atoms. The van der Waals surface area contributed by atoms with Crippen molar-refractivity contribution in [3.05, 3.63) is 88.3 Å². The van der Waals surface area contributed by atoms with Crippen LogP contribution in [0.3, 0.4) is 0 Å². The highest BCUT2D eigenvalue weighted by atomic mass is 32.2. The maximum Gasteiger partial charge on any atom is 0.335 e. The normalized spacial score (nSPS) is 16.3. The van der Waals surface area contributed by atoms with Crippen molar-refractivity contribution in [2.75, 3.05) is 51.3 Å². The molecule has 5 rings (SSSR count). The number of rotatable bonds is 11. The Morgan fingerprint density at radius 1 is 1.00 bits per heavy atom. The van der Waals surface area contributed by atoms with Gasteiger partial charge in [0, 0.05) is 49.9 Å². The zero-order valence-corrected chi connectivity index (χ0v) is 25.6. The van der Waals surface area contributed by atoms with Gasteiger partial charge in [-0.3, -0.25) is 19.4 Å². The molecule has 0 aromatic heterocycles. The molecule has 2 fully saturated rings.